The van der Waals surface area contributed by atoms with Gasteiger partial charge in [-0.15, -0.1) is 0 Å². The summed E-state index contributed by atoms with van der Waals surface area (Å²) in [5, 5.41) is 3.09. The number of primary amides is 1. The quantitative estimate of drug-likeness (QED) is 0.612. The van der Waals surface area contributed by atoms with Gasteiger partial charge >= 0.3 is 6.03 Å². The van der Waals surface area contributed by atoms with Gasteiger partial charge in [-0.25, -0.2) is 4.79 Å². The van der Waals surface area contributed by atoms with Gasteiger partial charge in [0, 0.05) is 6.54 Å². The van der Waals surface area contributed by atoms with E-state index in [2.05, 4.69) is 17.2 Å². The number of nitrogens with two attached hydrogens (primary N) is 1. The van der Waals surface area contributed by atoms with E-state index < -0.39 is 6.03 Å². The third-order valence-electron chi connectivity index (χ3n) is 1.92. The zero-order valence-electron chi connectivity index (χ0n) is 7.92. The molecular weight excluding hydrogens is 168 g/mol. The maximum atomic E-state index is 10.9. The van der Waals surface area contributed by atoms with E-state index in [0.717, 1.165) is 19.4 Å². The first-order chi connectivity index (χ1) is 6.25. The maximum Gasteiger partial charge on any atom is 0.321 e. The smallest absolute Gasteiger partial charge is 0.321 e. The lowest BCUT2D eigenvalue weighted by molar-refractivity contribution is 0.231. The second kappa shape index (κ2) is 4.69. The summed E-state index contributed by atoms with van der Waals surface area (Å²) in [4.78, 5) is 16.5. The van der Waals surface area contributed by atoms with Crippen LogP contribution in [0.5, 0.6) is 0 Å². The molecule has 0 atom stereocenters. The van der Waals surface area contributed by atoms with E-state index in [9.17, 15) is 4.79 Å². The van der Waals surface area contributed by atoms with E-state index in [1.54, 1.807) is 0 Å². The molecule has 3 N–H and O–H groups in total. The zero-order valence-corrected chi connectivity index (χ0v) is 7.92. The lowest BCUT2D eigenvalue weighted by atomic mass is 10.3. The molecule has 1 aliphatic rings. The molecule has 0 bridgehead atoms. The van der Waals surface area contributed by atoms with Gasteiger partial charge in [-0.3, -0.25) is 9.89 Å². The largest absolute Gasteiger partial charge is 0.356 e. The minimum atomic E-state index is -0.430. The highest BCUT2D eigenvalue weighted by Crippen LogP contribution is 1.98. The Balaban J connectivity index is 2.35. The van der Waals surface area contributed by atoms with Crippen LogP contribution in [0.25, 0.3) is 0 Å². The highest BCUT2D eigenvalue weighted by Gasteiger charge is 2.20. The van der Waals surface area contributed by atoms with E-state index in [0.29, 0.717) is 19.0 Å². The van der Waals surface area contributed by atoms with Crippen LogP contribution in [0.2, 0.25) is 0 Å². The summed E-state index contributed by atoms with van der Waals surface area (Å²) in [6.45, 7) is 4.21. The van der Waals surface area contributed by atoms with Crippen LogP contribution in [0.4, 0.5) is 4.79 Å². The predicted octanol–water partition coefficient (Wildman–Crippen LogP) is 0.126. The molecule has 13 heavy (non-hydrogen) atoms. The molecule has 0 unspecified atom stereocenters. The second-order valence-corrected chi connectivity index (χ2v) is 2.98. The molecule has 0 saturated heterocycles. The molecule has 5 heteroatoms. The number of aliphatic imine (C=N–C) groups is 1. The standard InChI is InChI=1S/C8H16N4O/c1-2-3-4-10-8-11-5-6-12(8)7(9)13/h2-6H2,1H3,(H2,9,13)(H,10,11). The first-order valence-corrected chi connectivity index (χ1v) is 4.61. The Morgan fingerprint density at radius 2 is 2.54 bits per heavy atom. The summed E-state index contributed by atoms with van der Waals surface area (Å²) in [5.74, 6) is 0.626. The fourth-order valence-electron chi connectivity index (χ4n) is 1.19. The van der Waals surface area contributed by atoms with E-state index in [1.807, 2.05) is 0 Å². The van der Waals surface area contributed by atoms with Crippen LogP contribution in [0.3, 0.4) is 0 Å². The van der Waals surface area contributed by atoms with Gasteiger partial charge in [0.15, 0.2) is 0 Å². The number of hydrogen-bond acceptors (Lipinski definition) is 3. The third-order valence-corrected chi connectivity index (χ3v) is 1.92. The molecule has 0 saturated carbocycles. The van der Waals surface area contributed by atoms with E-state index >= 15 is 0 Å². The van der Waals surface area contributed by atoms with Crippen LogP contribution in [0.1, 0.15) is 19.8 Å². The van der Waals surface area contributed by atoms with Crippen molar-refractivity contribution in [3.05, 3.63) is 0 Å². The van der Waals surface area contributed by atoms with Gasteiger partial charge in [-0.05, 0) is 6.42 Å². The van der Waals surface area contributed by atoms with Crippen molar-refractivity contribution >= 4 is 12.0 Å². The van der Waals surface area contributed by atoms with Gasteiger partial charge in [-0.1, -0.05) is 13.3 Å². The van der Waals surface area contributed by atoms with Crippen molar-refractivity contribution in [2.45, 2.75) is 19.8 Å². The predicted molar refractivity (Wildman–Crippen MR) is 51.5 cm³/mol. The molecular formula is C8H16N4O. The van der Waals surface area contributed by atoms with Gasteiger partial charge in [0.05, 0.1) is 13.1 Å². The van der Waals surface area contributed by atoms with E-state index in [1.165, 1.54) is 4.90 Å². The number of amides is 2. The SMILES string of the molecule is CCCCNC1=NCCN1C(N)=O. The van der Waals surface area contributed by atoms with Gasteiger partial charge in [0.1, 0.15) is 0 Å². The maximum absolute atomic E-state index is 10.9. The molecule has 2 amide bonds. The number of carbonyl (C=O) groups is 1. The fourth-order valence-corrected chi connectivity index (χ4v) is 1.19. The normalized spacial score (nSPS) is 15.8. The molecule has 1 aliphatic heterocycles. The minimum Gasteiger partial charge on any atom is -0.356 e. The molecule has 0 spiro atoms. The van der Waals surface area contributed by atoms with Gasteiger partial charge in [0.25, 0.3) is 0 Å². The number of nitrogens with zero attached hydrogens (tertiary/aromatic N) is 2. The highest BCUT2D eigenvalue weighted by atomic mass is 16.2. The van der Waals surface area contributed by atoms with E-state index in [4.69, 9.17) is 5.73 Å². The van der Waals surface area contributed by atoms with Crippen LogP contribution >= 0.6 is 0 Å². The molecule has 0 aliphatic carbocycles. The average Bonchev–Trinajstić information content (AvgIpc) is 2.53. The third kappa shape index (κ3) is 2.61. The number of rotatable bonds is 3. The van der Waals surface area contributed by atoms with Crippen LogP contribution in [-0.4, -0.2) is 36.5 Å². The second-order valence-electron chi connectivity index (χ2n) is 2.98. The molecule has 0 aromatic rings. The first-order valence-electron chi connectivity index (χ1n) is 4.61. The Morgan fingerprint density at radius 3 is 3.15 bits per heavy atom. The lowest BCUT2D eigenvalue weighted by Crippen LogP contribution is -2.45. The summed E-state index contributed by atoms with van der Waals surface area (Å²) in [6, 6.07) is -0.430. The Labute approximate surface area is 78.0 Å². The summed E-state index contributed by atoms with van der Waals surface area (Å²) < 4.78 is 0. The summed E-state index contributed by atoms with van der Waals surface area (Å²) in [7, 11) is 0. The molecule has 5 nitrogen and oxygen atoms in total. The van der Waals surface area contributed by atoms with Crippen molar-refractivity contribution in [3.63, 3.8) is 0 Å². The number of urea groups is 1. The minimum absolute atomic E-state index is 0.430. The van der Waals surface area contributed by atoms with Crippen molar-refractivity contribution in [2.75, 3.05) is 19.6 Å². The molecule has 0 fully saturated rings. The van der Waals surface area contributed by atoms with Gasteiger partial charge in [-0.2, -0.15) is 0 Å². The Bertz CT molecular complexity index is 214. The average molecular weight is 184 g/mol. The molecule has 74 valence electrons. The zero-order chi connectivity index (χ0) is 9.68. The fraction of sp³-hybridized carbons (Fsp3) is 0.750. The van der Waals surface area contributed by atoms with Crippen molar-refractivity contribution in [1.29, 1.82) is 0 Å². The Morgan fingerprint density at radius 1 is 1.77 bits per heavy atom. The van der Waals surface area contributed by atoms with Crippen molar-refractivity contribution in [3.8, 4) is 0 Å². The van der Waals surface area contributed by atoms with Gasteiger partial charge in [0.2, 0.25) is 5.96 Å². The van der Waals surface area contributed by atoms with Crippen LogP contribution in [0, 0.1) is 0 Å². The molecule has 0 aromatic carbocycles. The Kier molecular flexibility index (Phi) is 3.54. The molecule has 1 rings (SSSR count). The van der Waals surface area contributed by atoms with Gasteiger partial charge < -0.3 is 11.1 Å². The summed E-state index contributed by atoms with van der Waals surface area (Å²) >= 11 is 0. The van der Waals surface area contributed by atoms with E-state index in [-0.39, 0.29) is 0 Å². The number of hydrogen-bond donors (Lipinski definition) is 2. The first kappa shape index (κ1) is 9.83. The molecule has 0 aromatic heterocycles. The number of carbonyl (C=O) groups excluding carboxylic acids is 1. The van der Waals surface area contributed by atoms with Crippen LogP contribution < -0.4 is 11.1 Å². The highest BCUT2D eigenvalue weighted by molar-refractivity contribution is 5.96. The molecule has 0 radical (unpaired) electrons. The van der Waals surface area contributed by atoms with Crippen molar-refractivity contribution in [2.24, 2.45) is 10.7 Å². The monoisotopic (exact) mass is 184 g/mol. The topological polar surface area (TPSA) is 70.7 Å². The Hall–Kier alpha value is -1.26. The summed E-state index contributed by atoms with van der Waals surface area (Å²) in [6.07, 6.45) is 2.20. The summed E-state index contributed by atoms with van der Waals surface area (Å²) in [5.41, 5.74) is 5.16. The number of guanidine groups is 1. The lowest BCUT2D eigenvalue weighted by Gasteiger charge is -2.16. The van der Waals surface area contributed by atoms with Crippen LogP contribution in [0.15, 0.2) is 4.99 Å². The van der Waals surface area contributed by atoms with Crippen molar-refractivity contribution in [1.82, 2.24) is 10.2 Å². The van der Waals surface area contributed by atoms with Crippen LogP contribution in [-0.2, 0) is 0 Å². The number of nitrogens with one attached hydrogen (secondary N) is 1. The molecule has 1 heterocycles. The number of unbranched alkanes of at least 4 members (excludes halogenated alkanes) is 1. The van der Waals surface area contributed by atoms with Crippen molar-refractivity contribution < 1.29 is 4.79 Å².